The van der Waals surface area contributed by atoms with Crippen LogP contribution in [0.1, 0.15) is 0 Å². The Bertz CT molecular complexity index is 537. The minimum atomic E-state index is -3.88. The number of anilines is 1. The van der Waals surface area contributed by atoms with Crippen LogP contribution < -0.4 is 10.5 Å². The number of primary sulfonamides is 1. The summed E-state index contributed by atoms with van der Waals surface area (Å²) in [7, 11) is -3.88. The van der Waals surface area contributed by atoms with Gasteiger partial charge in [0.1, 0.15) is 0 Å². The number of benzene rings is 1. The third-order valence-corrected chi connectivity index (χ3v) is 2.53. The van der Waals surface area contributed by atoms with Gasteiger partial charge in [0.05, 0.1) is 4.90 Å². The van der Waals surface area contributed by atoms with Crippen molar-refractivity contribution in [3.05, 3.63) is 24.3 Å². The molecular weight excluding hydrogens is 236 g/mol. The Morgan fingerprint density at radius 1 is 1.31 bits per heavy atom. The van der Waals surface area contributed by atoms with E-state index >= 15 is 0 Å². The zero-order chi connectivity index (χ0) is 12.3. The van der Waals surface area contributed by atoms with Crippen LogP contribution >= 0.6 is 0 Å². The zero-order valence-corrected chi connectivity index (χ0v) is 8.69. The number of carboxylic acids is 1. The maximum atomic E-state index is 11.0. The first-order valence-corrected chi connectivity index (χ1v) is 5.52. The van der Waals surface area contributed by atoms with Gasteiger partial charge >= 0.3 is 11.9 Å². The summed E-state index contributed by atoms with van der Waals surface area (Å²) in [6.45, 7) is 0. The lowest BCUT2D eigenvalue weighted by Gasteiger charge is -2.03. The van der Waals surface area contributed by atoms with Gasteiger partial charge in [0.25, 0.3) is 0 Å². The Hall–Kier alpha value is -1.93. The third-order valence-electron chi connectivity index (χ3n) is 1.61. The summed E-state index contributed by atoms with van der Waals surface area (Å²) in [6, 6.07) is 4.97. The van der Waals surface area contributed by atoms with Crippen molar-refractivity contribution < 1.29 is 23.1 Å². The number of nitrogens with one attached hydrogen (secondary N) is 1. The van der Waals surface area contributed by atoms with Crippen LogP contribution in [0.4, 0.5) is 5.69 Å². The van der Waals surface area contributed by atoms with Crippen molar-refractivity contribution in [2.45, 2.75) is 4.90 Å². The second kappa shape index (κ2) is 4.29. The molecule has 0 aromatic heterocycles. The number of aliphatic carboxylic acids is 1. The van der Waals surface area contributed by atoms with Crippen LogP contribution in [0.3, 0.4) is 0 Å². The van der Waals surface area contributed by atoms with Gasteiger partial charge in [-0.2, -0.15) is 0 Å². The standard InChI is InChI=1S/C8H8N2O5S/c9-16(14,15)6-3-1-2-5(4-6)10-7(11)8(12)13/h1-4H,(H,10,11)(H,12,13)(H2,9,14,15). The number of rotatable bonds is 2. The molecule has 0 spiro atoms. The molecule has 0 heterocycles. The molecule has 0 radical (unpaired) electrons. The van der Waals surface area contributed by atoms with Gasteiger partial charge in [-0.25, -0.2) is 18.4 Å². The maximum Gasteiger partial charge on any atom is 0.394 e. The molecule has 1 aromatic carbocycles. The number of carbonyl (C=O) groups is 2. The van der Waals surface area contributed by atoms with Crippen molar-refractivity contribution in [3.63, 3.8) is 0 Å². The zero-order valence-electron chi connectivity index (χ0n) is 7.88. The predicted octanol–water partition coefficient (Wildman–Crippen LogP) is -0.643. The molecule has 0 aliphatic carbocycles. The number of hydrogen-bond acceptors (Lipinski definition) is 4. The normalized spacial score (nSPS) is 10.8. The molecule has 0 aliphatic heterocycles. The summed E-state index contributed by atoms with van der Waals surface area (Å²) in [6.07, 6.45) is 0. The van der Waals surface area contributed by atoms with Gasteiger partial charge in [0.15, 0.2) is 0 Å². The molecule has 0 fully saturated rings. The fourth-order valence-electron chi connectivity index (χ4n) is 0.935. The molecule has 0 saturated heterocycles. The highest BCUT2D eigenvalue weighted by molar-refractivity contribution is 7.89. The lowest BCUT2D eigenvalue weighted by atomic mass is 10.3. The van der Waals surface area contributed by atoms with Crippen LogP contribution in [0.25, 0.3) is 0 Å². The van der Waals surface area contributed by atoms with Gasteiger partial charge < -0.3 is 10.4 Å². The van der Waals surface area contributed by atoms with E-state index in [1.165, 1.54) is 18.2 Å². The topological polar surface area (TPSA) is 127 Å². The molecule has 1 amide bonds. The molecular formula is C8H8N2O5S. The average molecular weight is 244 g/mol. The SMILES string of the molecule is NS(=O)(=O)c1cccc(NC(=O)C(=O)O)c1. The van der Waals surface area contributed by atoms with Crippen LogP contribution in [0.5, 0.6) is 0 Å². The van der Waals surface area contributed by atoms with Gasteiger partial charge in [0, 0.05) is 5.69 Å². The smallest absolute Gasteiger partial charge is 0.394 e. The molecule has 0 saturated carbocycles. The number of hydrogen-bond donors (Lipinski definition) is 3. The highest BCUT2D eigenvalue weighted by Gasteiger charge is 2.13. The van der Waals surface area contributed by atoms with Crippen LogP contribution in [0.2, 0.25) is 0 Å². The van der Waals surface area contributed by atoms with Gasteiger partial charge in [-0.1, -0.05) is 6.07 Å². The Balaban J connectivity index is 3.01. The number of carbonyl (C=O) groups excluding carboxylic acids is 1. The molecule has 0 unspecified atom stereocenters. The second-order valence-electron chi connectivity index (χ2n) is 2.83. The highest BCUT2D eigenvalue weighted by atomic mass is 32.2. The molecule has 86 valence electrons. The van der Waals surface area contributed by atoms with Crippen molar-refractivity contribution in [3.8, 4) is 0 Å². The quantitative estimate of drug-likeness (QED) is 0.596. The predicted molar refractivity (Wildman–Crippen MR) is 54.1 cm³/mol. The average Bonchev–Trinajstić information content (AvgIpc) is 2.16. The van der Waals surface area contributed by atoms with E-state index in [1.54, 1.807) is 0 Å². The molecule has 8 heteroatoms. The maximum absolute atomic E-state index is 11.0. The summed E-state index contributed by atoms with van der Waals surface area (Å²) in [5.74, 6) is -2.92. The Morgan fingerprint density at radius 2 is 1.94 bits per heavy atom. The highest BCUT2D eigenvalue weighted by Crippen LogP contribution is 2.13. The van der Waals surface area contributed by atoms with Crippen molar-refractivity contribution in [2.75, 3.05) is 5.32 Å². The molecule has 0 atom stereocenters. The van der Waals surface area contributed by atoms with Crippen LogP contribution in [-0.2, 0) is 19.6 Å². The minimum Gasteiger partial charge on any atom is -0.474 e. The van der Waals surface area contributed by atoms with Crippen molar-refractivity contribution >= 4 is 27.6 Å². The summed E-state index contributed by atoms with van der Waals surface area (Å²) >= 11 is 0. The fraction of sp³-hybridized carbons (Fsp3) is 0. The Labute approximate surface area is 90.9 Å². The van der Waals surface area contributed by atoms with Crippen molar-refractivity contribution in [1.29, 1.82) is 0 Å². The van der Waals surface area contributed by atoms with E-state index < -0.39 is 21.9 Å². The van der Waals surface area contributed by atoms with Crippen LogP contribution in [0, 0.1) is 0 Å². The van der Waals surface area contributed by atoms with E-state index in [1.807, 2.05) is 5.32 Å². The largest absolute Gasteiger partial charge is 0.474 e. The summed E-state index contributed by atoms with van der Waals surface area (Å²) in [4.78, 5) is 20.8. The lowest BCUT2D eigenvalue weighted by Crippen LogP contribution is -2.22. The summed E-state index contributed by atoms with van der Waals surface area (Å²) in [5, 5.41) is 15.2. The van der Waals surface area contributed by atoms with Crippen molar-refractivity contribution in [1.82, 2.24) is 0 Å². The summed E-state index contributed by atoms with van der Waals surface area (Å²) < 4.78 is 21.9. The molecule has 4 N–H and O–H groups in total. The molecule has 1 rings (SSSR count). The number of nitrogens with two attached hydrogens (primary N) is 1. The van der Waals surface area contributed by atoms with Gasteiger partial charge in [-0.3, -0.25) is 4.79 Å². The van der Waals surface area contributed by atoms with E-state index in [0.717, 1.165) is 6.07 Å². The third kappa shape index (κ3) is 3.04. The first-order valence-electron chi connectivity index (χ1n) is 3.98. The lowest BCUT2D eigenvalue weighted by molar-refractivity contribution is -0.147. The molecule has 0 aliphatic rings. The number of amides is 1. The summed E-state index contributed by atoms with van der Waals surface area (Å²) in [5.41, 5.74) is 0.0407. The van der Waals surface area contributed by atoms with Crippen molar-refractivity contribution in [2.24, 2.45) is 5.14 Å². The number of carboxylic acid groups (broad SMARTS) is 1. The Morgan fingerprint density at radius 3 is 2.44 bits per heavy atom. The Kier molecular flexibility index (Phi) is 3.25. The molecule has 1 aromatic rings. The van der Waals surface area contributed by atoms with E-state index in [9.17, 15) is 18.0 Å². The van der Waals surface area contributed by atoms with Crippen LogP contribution in [0.15, 0.2) is 29.2 Å². The van der Waals surface area contributed by atoms with E-state index in [2.05, 4.69) is 0 Å². The van der Waals surface area contributed by atoms with Gasteiger partial charge in [0.2, 0.25) is 10.0 Å². The number of sulfonamides is 1. The first kappa shape index (κ1) is 12.1. The molecule has 16 heavy (non-hydrogen) atoms. The molecule has 7 nitrogen and oxygen atoms in total. The van der Waals surface area contributed by atoms with E-state index in [-0.39, 0.29) is 10.6 Å². The van der Waals surface area contributed by atoms with Gasteiger partial charge in [-0.15, -0.1) is 0 Å². The van der Waals surface area contributed by atoms with E-state index in [4.69, 9.17) is 10.2 Å². The minimum absolute atomic E-state index is 0.0407. The van der Waals surface area contributed by atoms with Crippen LogP contribution in [-0.4, -0.2) is 25.4 Å². The monoisotopic (exact) mass is 244 g/mol. The van der Waals surface area contributed by atoms with E-state index in [0.29, 0.717) is 0 Å². The fourth-order valence-corrected chi connectivity index (χ4v) is 1.49. The second-order valence-corrected chi connectivity index (χ2v) is 4.39. The first-order chi connectivity index (χ1) is 7.30. The molecule has 0 bridgehead atoms. The van der Waals surface area contributed by atoms with Gasteiger partial charge in [-0.05, 0) is 18.2 Å².